The lowest BCUT2D eigenvalue weighted by Gasteiger charge is -2.00. The predicted molar refractivity (Wildman–Crippen MR) is 45.8 cm³/mol. The second-order valence-corrected chi connectivity index (χ2v) is 3.45. The van der Waals surface area contributed by atoms with Crippen LogP contribution in [0, 0.1) is 6.92 Å². The first-order chi connectivity index (χ1) is 5.77. The number of aromatic nitrogens is 1. The molecule has 1 N–H and O–H groups in total. The molecule has 0 aliphatic carbocycles. The van der Waals surface area contributed by atoms with Gasteiger partial charge in [0.15, 0.2) is 0 Å². The molecule has 0 saturated carbocycles. The molecule has 0 aliphatic rings. The van der Waals surface area contributed by atoms with Gasteiger partial charge in [0, 0.05) is 16.0 Å². The highest BCUT2D eigenvalue weighted by molar-refractivity contribution is 7.11. The standard InChI is InChI=1S/C6H8N4OS/c1-4-8-2-6(12-4)5(3-11)9-10-7/h2,5,11H,3H2,1H3. The van der Waals surface area contributed by atoms with Gasteiger partial charge in [0.25, 0.3) is 0 Å². The third-order valence-electron chi connectivity index (χ3n) is 1.33. The number of hydrogen-bond acceptors (Lipinski definition) is 4. The summed E-state index contributed by atoms with van der Waals surface area (Å²) >= 11 is 1.42. The van der Waals surface area contributed by atoms with E-state index in [1.165, 1.54) is 11.3 Å². The van der Waals surface area contributed by atoms with Gasteiger partial charge in [0.1, 0.15) is 0 Å². The fraction of sp³-hybridized carbons (Fsp3) is 0.500. The summed E-state index contributed by atoms with van der Waals surface area (Å²) < 4.78 is 0. The Hall–Kier alpha value is -1.10. The lowest BCUT2D eigenvalue weighted by Crippen LogP contribution is -1.96. The van der Waals surface area contributed by atoms with Crippen molar-refractivity contribution in [2.24, 2.45) is 5.11 Å². The minimum atomic E-state index is -0.485. The zero-order chi connectivity index (χ0) is 8.97. The van der Waals surface area contributed by atoms with E-state index in [0.29, 0.717) is 0 Å². The molecule has 0 bridgehead atoms. The number of aliphatic hydroxyl groups is 1. The van der Waals surface area contributed by atoms with Crippen LogP contribution in [0.2, 0.25) is 0 Å². The molecule has 0 radical (unpaired) electrons. The molecule has 0 amide bonds. The molecule has 6 heteroatoms. The van der Waals surface area contributed by atoms with E-state index in [-0.39, 0.29) is 6.61 Å². The summed E-state index contributed by atoms with van der Waals surface area (Å²) in [7, 11) is 0. The van der Waals surface area contributed by atoms with E-state index in [0.717, 1.165) is 9.88 Å². The summed E-state index contributed by atoms with van der Waals surface area (Å²) in [5.74, 6) is 0. The lowest BCUT2D eigenvalue weighted by molar-refractivity contribution is 0.269. The summed E-state index contributed by atoms with van der Waals surface area (Å²) in [6.45, 7) is 1.68. The van der Waals surface area contributed by atoms with E-state index >= 15 is 0 Å². The van der Waals surface area contributed by atoms with Crippen molar-refractivity contribution in [3.05, 3.63) is 26.5 Å². The normalized spacial score (nSPS) is 12.2. The van der Waals surface area contributed by atoms with E-state index < -0.39 is 6.04 Å². The Labute approximate surface area is 73.3 Å². The number of thiazole rings is 1. The molecule has 0 aliphatic heterocycles. The Morgan fingerprint density at radius 2 is 2.67 bits per heavy atom. The summed E-state index contributed by atoms with van der Waals surface area (Å²) in [6.07, 6.45) is 1.62. The van der Waals surface area contributed by atoms with Crippen LogP contribution in [0.15, 0.2) is 11.3 Å². The van der Waals surface area contributed by atoms with Crippen LogP contribution in [-0.2, 0) is 0 Å². The second kappa shape index (κ2) is 4.06. The fourth-order valence-electron chi connectivity index (χ4n) is 0.778. The third kappa shape index (κ3) is 1.94. The van der Waals surface area contributed by atoms with Crippen molar-refractivity contribution in [3.8, 4) is 0 Å². The van der Waals surface area contributed by atoms with Crippen LogP contribution >= 0.6 is 11.3 Å². The minimum absolute atomic E-state index is 0.175. The number of azide groups is 1. The lowest BCUT2D eigenvalue weighted by atomic mass is 10.3. The summed E-state index contributed by atoms with van der Waals surface area (Å²) in [5, 5.41) is 13.2. The molecule has 0 fully saturated rings. The predicted octanol–water partition coefficient (Wildman–Crippen LogP) is 1.80. The molecule has 0 aromatic carbocycles. The quantitative estimate of drug-likeness (QED) is 0.441. The van der Waals surface area contributed by atoms with Crippen LogP contribution in [0.1, 0.15) is 15.9 Å². The van der Waals surface area contributed by atoms with Gasteiger partial charge < -0.3 is 5.11 Å². The van der Waals surface area contributed by atoms with Gasteiger partial charge in [0.05, 0.1) is 17.7 Å². The average molecular weight is 184 g/mol. The van der Waals surface area contributed by atoms with Gasteiger partial charge in [-0.25, -0.2) is 4.98 Å². The monoisotopic (exact) mass is 184 g/mol. The second-order valence-electron chi connectivity index (χ2n) is 2.18. The first-order valence-corrected chi connectivity index (χ1v) is 4.17. The molecule has 12 heavy (non-hydrogen) atoms. The molecule has 0 spiro atoms. The molecule has 5 nitrogen and oxygen atoms in total. The highest BCUT2D eigenvalue weighted by atomic mass is 32.1. The maximum absolute atomic E-state index is 8.83. The van der Waals surface area contributed by atoms with Crippen LogP contribution in [0.4, 0.5) is 0 Å². The largest absolute Gasteiger partial charge is 0.396 e. The zero-order valence-corrected chi connectivity index (χ0v) is 7.32. The van der Waals surface area contributed by atoms with Gasteiger partial charge in [-0.05, 0) is 12.5 Å². The SMILES string of the molecule is Cc1ncc(C(CO)N=[N+]=[N-])s1. The molecular weight excluding hydrogens is 176 g/mol. The maximum Gasteiger partial charge on any atom is 0.0965 e. The minimum Gasteiger partial charge on any atom is -0.396 e. The number of nitrogens with zero attached hydrogens (tertiary/aromatic N) is 4. The van der Waals surface area contributed by atoms with Crippen molar-refractivity contribution in [2.45, 2.75) is 13.0 Å². The zero-order valence-electron chi connectivity index (χ0n) is 6.51. The molecule has 1 aromatic heterocycles. The van der Waals surface area contributed by atoms with Gasteiger partial charge >= 0.3 is 0 Å². The molecule has 1 heterocycles. The van der Waals surface area contributed by atoms with Crippen molar-refractivity contribution in [3.63, 3.8) is 0 Å². The molecule has 0 saturated heterocycles. The van der Waals surface area contributed by atoms with Crippen LogP contribution in [0.5, 0.6) is 0 Å². The van der Waals surface area contributed by atoms with Crippen LogP contribution in [-0.4, -0.2) is 16.7 Å². The Balaban J connectivity index is 2.86. The van der Waals surface area contributed by atoms with E-state index in [9.17, 15) is 0 Å². The van der Waals surface area contributed by atoms with Crippen molar-refractivity contribution in [2.75, 3.05) is 6.61 Å². The Morgan fingerprint density at radius 3 is 3.08 bits per heavy atom. The van der Waals surface area contributed by atoms with Gasteiger partial charge in [-0.15, -0.1) is 11.3 Å². The fourth-order valence-corrected chi connectivity index (χ4v) is 1.59. The van der Waals surface area contributed by atoms with Crippen molar-refractivity contribution in [1.29, 1.82) is 0 Å². The van der Waals surface area contributed by atoms with Crippen LogP contribution in [0.25, 0.3) is 10.4 Å². The van der Waals surface area contributed by atoms with Crippen LogP contribution in [0.3, 0.4) is 0 Å². The number of aryl methyl sites for hydroxylation is 1. The third-order valence-corrected chi connectivity index (χ3v) is 2.35. The molecule has 1 aromatic rings. The van der Waals surface area contributed by atoms with Crippen molar-refractivity contribution >= 4 is 11.3 Å². The van der Waals surface area contributed by atoms with Crippen molar-refractivity contribution in [1.82, 2.24) is 4.98 Å². The van der Waals surface area contributed by atoms with Crippen molar-refractivity contribution < 1.29 is 5.11 Å². The molecule has 1 rings (SSSR count). The topological polar surface area (TPSA) is 81.9 Å². The molecular formula is C6H8N4OS. The Morgan fingerprint density at radius 1 is 1.92 bits per heavy atom. The maximum atomic E-state index is 8.83. The van der Waals surface area contributed by atoms with Gasteiger partial charge in [-0.2, -0.15) is 0 Å². The molecule has 1 unspecified atom stereocenters. The summed E-state index contributed by atoms with van der Waals surface area (Å²) in [5.41, 5.74) is 8.17. The molecule has 1 atom stereocenters. The highest BCUT2D eigenvalue weighted by Crippen LogP contribution is 2.22. The van der Waals surface area contributed by atoms with Gasteiger partial charge in [-0.3, -0.25) is 0 Å². The smallest absolute Gasteiger partial charge is 0.0965 e. The highest BCUT2D eigenvalue weighted by Gasteiger charge is 2.10. The first kappa shape index (κ1) is 8.99. The van der Waals surface area contributed by atoms with Gasteiger partial charge in [0.2, 0.25) is 0 Å². The average Bonchev–Trinajstić information content (AvgIpc) is 2.47. The number of aliphatic hydroxyl groups excluding tert-OH is 1. The van der Waals surface area contributed by atoms with E-state index in [1.54, 1.807) is 6.20 Å². The Bertz CT molecular complexity index is 304. The number of hydrogen-bond donors (Lipinski definition) is 1. The van der Waals surface area contributed by atoms with E-state index in [1.807, 2.05) is 6.92 Å². The van der Waals surface area contributed by atoms with Gasteiger partial charge in [-0.1, -0.05) is 5.11 Å². The Kier molecular flexibility index (Phi) is 3.04. The summed E-state index contributed by atoms with van der Waals surface area (Å²) in [4.78, 5) is 7.43. The first-order valence-electron chi connectivity index (χ1n) is 3.35. The number of rotatable bonds is 3. The van der Waals surface area contributed by atoms with Crippen LogP contribution < -0.4 is 0 Å². The van der Waals surface area contributed by atoms with E-state index in [4.69, 9.17) is 10.6 Å². The van der Waals surface area contributed by atoms with E-state index in [2.05, 4.69) is 15.0 Å². The summed E-state index contributed by atoms with van der Waals surface area (Å²) in [6, 6.07) is -0.485. The molecule has 64 valence electrons.